The Labute approximate surface area is 86.6 Å². The third-order valence-electron chi connectivity index (χ3n) is 2.04. The number of hydrogen-bond acceptors (Lipinski definition) is 0. The van der Waals surface area contributed by atoms with Crippen LogP contribution in [0.4, 0.5) is 0 Å². The van der Waals surface area contributed by atoms with Gasteiger partial charge in [0.05, 0.1) is 0 Å². The maximum Gasteiger partial charge on any atom is 0.0499 e. The zero-order valence-corrected chi connectivity index (χ0v) is 9.67. The van der Waals surface area contributed by atoms with Crippen molar-refractivity contribution in [3.05, 3.63) is 0 Å². The van der Waals surface area contributed by atoms with Gasteiger partial charge in [0.1, 0.15) is 0 Å². The van der Waals surface area contributed by atoms with E-state index in [-0.39, 0.29) is 10.8 Å². The highest BCUT2D eigenvalue weighted by Crippen LogP contribution is 2.20. The predicted octanol–water partition coefficient (Wildman–Crippen LogP) is 4.58. The zero-order chi connectivity index (χ0) is 9.40. The fraction of sp³-hybridized carbons (Fsp3) is 1.00. The van der Waals surface area contributed by atoms with Gasteiger partial charge in [-0.25, -0.2) is 0 Å². The number of unbranched alkanes of at least 4 members (excludes halogenated alkanes) is 2. The van der Waals surface area contributed by atoms with Crippen LogP contribution in [0, 0.1) is 0 Å². The van der Waals surface area contributed by atoms with Crippen LogP contribution in [0.2, 0.25) is 0 Å². The Morgan fingerprint density at radius 1 is 0.833 bits per heavy atom. The predicted molar refractivity (Wildman–Crippen MR) is 58.3 cm³/mol. The minimum atomic E-state index is 0.175. The molecule has 0 rings (SSSR count). The molecule has 0 heterocycles. The number of alkyl halides is 2. The highest BCUT2D eigenvalue weighted by Gasteiger charge is 2.14. The Morgan fingerprint density at radius 2 is 1.42 bits per heavy atom. The van der Waals surface area contributed by atoms with Gasteiger partial charge in [-0.05, 0) is 12.8 Å². The van der Waals surface area contributed by atoms with Gasteiger partial charge in [0.15, 0.2) is 0 Å². The van der Waals surface area contributed by atoms with Gasteiger partial charge in [0.2, 0.25) is 0 Å². The van der Waals surface area contributed by atoms with Crippen molar-refractivity contribution in [1.82, 2.24) is 0 Å². The van der Waals surface area contributed by atoms with Crippen LogP contribution in [-0.4, -0.2) is 10.8 Å². The summed E-state index contributed by atoms with van der Waals surface area (Å²) in [7, 11) is 0. The minimum Gasteiger partial charge on any atom is -0.121 e. The Hall–Kier alpha value is 0.580. The van der Waals surface area contributed by atoms with E-state index in [1.807, 2.05) is 0 Å². The SMILES string of the molecule is CCCCCC(Cl)C(Cl)CCC. The molecule has 0 spiro atoms. The molecule has 2 atom stereocenters. The minimum absolute atomic E-state index is 0.175. The van der Waals surface area contributed by atoms with Crippen LogP contribution in [0.25, 0.3) is 0 Å². The Bertz CT molecular complexity index is 93.8. The van der Waals surface area contributed by atoms with Crippen LogP contribution in [0.5, 0.6) is 0 Å². The van der Waals surface area contributed by atoms with E-state index in [0.29, 0.717) is 0 Å². The number of halogens is 2. The second-order valence-electron chi connectivity index (χ2n) is 3.32. The molecule has 0 aromatic rings. The normalized spacial score (nSPS) is 16.0. The van der Waals surface area contributed by atoms with Gasteiger partial charge >= 0.3 is 0 Å². The first-order valence-electron chi connectivity index (χ1n) is 5.00. The van der Waals surface area contributed by atoms with Crippen LogP contribution in [0.1, 0.15) is 52.4 Å². The molecular formula is C10H20Cl2. The van der Waals surface area contributed by atoms with Crippen molar-refractivity contribution in [3.63, 3.8) is 0 Å². The zero-order valence-electron chi connectivity index (χ0n) is 8.15. The quantitative estimate of drug-likeness (QED) is 0.427. The van der Waals surface area contributed by atoms with Gasteiger partial charge in [-0.3, -0.25) is 0 Å². The van der Waals surface area contributed by atoms with Gasteiger partial charge < -0.3 is 0 Å². The Kier molecular flexibility index (Phi) is 8.59. The highest BCUT2D eigenvalue weighted by molar-refractivity contribution is 6.29. The molecule has 0 aliphatic rings. The number of hydrogen-bond donors (Lipinski definition) is 0. The first-order chi connectivity index (χ1) is 5.72. The van der Waals surface area contributed by atoms with E-state index in [1.54, 1.807) is 0 Å². The van der Waals surface area contributed by atoms with E-state index in [4.69, 9.17) is 23.2 Å². The van der Waals surface area contributed by atoms with E-state index in [2.05, 4.69) is 13.8 Å². The molecule has 0 aromatic carbocycles. The average Bonchev–Trinajstić information content (AvgIpc) is 2.05. The van der Waals surface area contributed by atoms with Crippen molar-refractivity contribution in [3.8, 4) is 0 Å². The molecule has 2 unspecified atom stereocenters. The molecule has 0 radical (unpaired) electrons. The standard InChI is InChI=1S/C10H20Cl2/c1-3-5-6-8-10(12)9(11)7-4-2/h9-10H,3-8H2,1-2H3. The molecule has 0 saturated heterocycles. The summed E-state index contributed by atoms with van der Waals surface area (Å²) in [6.07, 6.45) is 7.00. The second kappa shape index (κ2) is 8.19. The molecule has 0 amide bonds. The van der Waals surface area contributed by atoms with Gasteiger partial charge in [-0.2, -0.15) is 0 Å². The third kappa shape index (κ3) is 6.14. The molecule has 74 valence electrons. The average molecular weight is 211 g/mol. The summed E-state index contributed by atoms with van der Waals surface area (Å²) in [6.45, 7) is 4.35. The summed E-state index contributed by atoms with van der Waals surface area (Å²) in [4.78, 5) is 0. The summed E-state index contributed by atoms with van der Waals surface area (Å²) in [5, 5.41) is 0.353. The molecule has 2 heteroatoms. The molecule has 0 N–H and O–H groups in total. The molecule has 12 heavy (non-hydrogen) atoms. The summed E-state index contributed by atoms with van der Waals surface area (Å²) < 4.78 is 0. The molecular weight excluding hydrogens is 191 g/mol. The van der Waals surface area contributed by atoms with E-state index < -0.39 is 0 Å². The van der Waals surface area contributed by atoms with Gasteiger partial charge in [0.25, 0.3) is 0 Å². The first kappa shape index (κ1) is 12.6. The van der Waals surface area contributed by atoms with Crippen LogP contribution in [0.15, 0.2) is 0 Å². The molecule has 0 nitrogen and oxygen atoms in total. The van der Waals surface area contributed by atoms with E-state index >= 15 is 0 Å². The lowest BCUT2D eigenvalue weighted by molar-refractivity contribution is 0.597. The topological polar surface area (TPSA) is 0 Å². The third-order valence-corrected chi connectivity index (χ3v) is 3.21. The molecule has 0 aliphatic carbocycles. The fourth-order valence-electron chi connectivity index (χ4n) is 1.23. The monoisotopic (exact) mass is 210 g/mol. The smallest absolute Gasteiger partial charge is 0.0499 e. The lowest BCUT2D eigenvalue weighted by atomic mass is 10.1. The van der Waals surface area contributed by atoms with Crippen LogP contribution in [-0.2, 0) is 0 Å². The van der Waals surface area contributed by atoms with Gasteiger partial charge in [0, 0.05) is 10.8 Å². The molecule has 0 saturated carbocycles. The molecule has 0 fully saturated rings. The van der Waals surface area contributed by atoms with E-state index in [9.17, 15) is 0 Å². The summed E-state index contributed by atoms with van der Waals surface area (Å²) >= 11 is 12.2. The second-order valence-corrected chi connectivity index (χ2v) is 4.44. The maximum atomic E-state index is 6.11. The van der Waals surface area contributed by atoms with Gasteiger partial charge in [-0.1, -0.05) is 39.5 Å². The summed E-state index contributed by atoms with van der Waals surface area (Å²) in [5.74, 6) is 0. The van der Waals surface area contributed by atoms with Crippen molar-refractivity contribution in [2.75, 3.05) is 0 Å². The van der Waals surface area contributed by atoms with Crippen molar-refractivity contribution in [2.45, 2.75) is 63.1 Å². The molecule has 0 aromatic heterocycles. The van der Waals surface area contributed by atoms with Crippen LogP contribution >= 0.6 is 23.2 Å². The highest BCUT2D eigenvalue weighted by atomic mass is 35.5. The molecule has 0 aliphatic heterocycles. The van der Waals surface area contributed by atoms with E-state index in [0.717, 1.165) is 19.3 Å². The van der Waals surface area contributed by atoms with Gasteiger partial charge in [-0.15, -0.1) is 23.2 Å². The summed E-state index contributed by atoms with van der Waals surface area (Å²) in [5.41, 5.74) is 0. The van der Waals surface area contributed by atoms with Crippen molar-refractivity contribution >= 4 is 23.2 Å². The fourth-order valence-corrected chi connectivity index (χ4v) is 1.85. The van der Waals surface area contributed by atoms with E-state index in [1.165, 1.54) is 19.3 Å². The maximum absolute atomic E-state index is 6.11. The Morgan fingerprint density at radius 3 is 1.92 bits per heavy atom. The first-order valence-corrected chi connectivity index (χ1v) is 5.87. The Balaban J connectivity index is 3.35. The lowest BCUT2D eigenvalue weighted by Gasteiger charge is -2.14. The van der Waals surface area contributed by atoms with Crippen molar-refractivity contribution < 1.29 is 0 Å². The van der Waals surface area contributed by atoms with Crippen molar-refractivity contribution in [2.24, 2.45) is 0 Å². The molecule has 0 bridgehead atoms. The van der Waals surface area contributed by atoms with Crippen molar-refractivity contribution in [1.29, 1.82) is 0 Å². The van der Waals surface area contributed by atoms with Crippen LogP contribution in [0.3, 0.4) is 0 Å². The summed E-state index contributed by atoms with van der Waals surface area (Å²) in [6, 6.07) is 0. The van der Waals surface area contributed by atoms with Crippen LogP contribution < -0.4 is 0 Å². The number of rotatable bonds is 7. The largest absolute Gasteiger partial charge is 0.121 e. The lowest BCUT2D eigenvalue weighted by Crippen LogP contribution is -2.14.